The first-order valence-corrected chi connectivity index (χ1v) is 8.38. The number of hydrogen-bond donors (Lipinski definition) is 3. The average molecular weight is 306 g/mol. The third kappa shape index (κ3) is 3.33. The number of aliphatic hydroxyl groups is 1. The number of aryl methyl sites for hydroxylation is 1. The van der Waals surface area contributed by atoms with Gasteiger partial charge in [0.2, 0.25) is 0 Å². The molecular weight excluding hydrogens is 280 g/mol. The zero-order chi connectivity index (χ0) is 15.5. The topological polar surface area (TPSA) is 81.2 Å². The number of piperidine rings is 1. The number of likely N-dealkylation sites (tertiary alicyclic amines) is 1. The van der Waals surface area contributed by atoms with Crippen molar-refractivity contribution in [1.82, 2.24) is 20.4 Å². The van der Waals surface area contributed by atoms with Crippen LogP contribution in [0.2, 0.25) is 0 Å². The number of hydrogen-bond acceptors (Lipinski definition) is 4. The molecular formula is C16H26N4O2. The number of amides is 1. The molecule has 122 valence electrons. The SMILES string of the molecule is Cc1[nH]ncc1C(=O)NC1CCN(C2CCCCC2O)CC1. The van der Waals surface area contributed by atoms with E-state index in [-0.39, 0.29) is 18.1 Å². The van der Waals surface area contributed by atoms with E-state index in [0.717, 1.165) is 50.9 Å². The highest BCUT2D eigenvalue weighted by Gasteiger charge is 2.31. The molecule has 2 fully saturated rings. The van der Waals surface area contributed by atoms with Crippen molar-refractivity contribution in [3.63, 3.8) is 0 Å². The van der Waals surface area contributed by atoms with Crippen LogP contribution in [0.15, 0.2) is 6.20 Å². The van der Waals surface area contributed by atoms with Gasteiger partial charge in [-0.25, -0.2) is 0 Å². The van der Waals surface area contributed by atoms with Crippen molar-refractivity contribution in [1.29, 1.82) is 0 Å². The monoisotopic (exact) mass is 306 g/mol. The lowest BCUT2D eigenvalue weighted by Gasteiger charge is -2.41. The Balaban J connectivity index is 1.49. The molecule has 0 bridgehead atoms. The molecule has 3 N–H and O–H groups in total. The molecule has 1 amide bonds. The van der Waals surface area contributed by atoms with Crippen LogP contribution >= 0.6 is 0 Å². The van der Waals surface area contributed by atoms with Crippen LogP contribution < -0.4 is 5.32 Å². The summed E-state index contributed by atoms with van der Waals surface area (Å²) >= 11 is 0. The number of carbonyl (C=O) groups excluding carboxylic acids is 1. The van der Waals surface area contributed by atoms with E-state index in [1.54, 1.807) is 6.20 Å². The maximum atomic E-state index is 12.2. The lowest BCUT2D eigenvalue weighted by Crippen LogP contribution is -2.52. The summed E-state index contributed by atoms with van der Waals surface area (Å²) in [5, 5.41) is 20.0. The van der Waals surface area contributed by atoms with E-state index < -0.39 is 0 Å². The van der Waals surface area contributed by atoms with Gasteiger partial charge in [0.05, 0.1) is 17.9 Å². The van der Waals surface area contributed by atoms with Crippen LogP contribution in [0.3, 0.4) is 0 Å². The number of nitrogens with one attached hydrogen (secondary N) is 2. The maximum absolute atomic E-state index is 12.2. The Morgan fingerprint density at radius 3 is 2.68 bits per heavy atom. The minimum Gasteiger partial charge on any atom is -0.391 e. The van der Waals surface area contributed by atoms with Crippen molar-refractivity contribution >= 4 is 5.91 Å². The van der Waals surface area contributed by atoms with Crippen molar-refractivity contribution in [2.45, 2.75) is 63.6 Å². The number of H-pyrrole nitrogens is 1. The second kappa shape index (κ2) is 6.79. The molecule has 1 aromatic heterocycles. The van der Waals surface area contributed by atoms with Crippen LogP contribution in [-0.4, -0.2) is 57.4 Å². The smallest absolute Gasteiger partial charge is 0.254 e. The number of carbonyl (C=O) groups is 1. The molecule has 2 atom stereocenters. The Labute approximate surface area is 131 Å². The quantitative estimate of drug-likeness (QED) is 0.784. The van der Waals surface area contributed by atoms with Gasteiger partial charge in [-0.3, -0.25) is 14.8 Å². The molecule has 2 aliphatic rings. The van der Waals surface area contributed by atoms with E-state index in [1.807, 2.05) is 6.92 Å². The molecule has 2 heterocycles. The van der Waals surface area contributed by atoms with Gasteiger partial charge in [0.25, 0.3) is 5.91 Å². The fourth-order valence-electron chi connectivity index (χ4n) is 3.74. The summed E-state index contributed by atoms with van der Waals surface area (Å²) in [5.74, 6) is -0.0394. The summed E-state index contributed by atoms with van der Waals surface area (Å²) in [7, 11) is 0. The summed E-state index contributed by atoms with van der Waals surface area (Å²) in [6, 6.07) is 0.542. The molecule has 2 unspecified atom stereocenters. The van der Waals surface area contributed by atoms with Crippen molar-refractivity contribution in [2.75, 3.05) is 13.1 Å². The second-order valence-electron chi connectivity index (χ2n) is 6.61. The third-order valence-corrected chi connectivity index (χ3v) is 5.10. The van der Waals surface area contributed by atoms with Crippen LogP contribution in [0.5, 0.6) is 0 Å². The van der Waals surface area contributed by atoms with Gasteiger partial charge in [0.15, 0.2) is 0 Å². The molecule has 3 rings (SSSR count). The van der Waals surface area contributed by atoms with Crippen molar-refractivity contribution < 1.29 is 9.90 Å². The molecule has 6 heteroatoms. The summed E-state index contributed by atoms with van der Waals surface area (Å²) in [6.07, 6.45) is 7.71. The molecule has 1 aromatic rings. The standard InChI is InChI=1S/C16H26N4O2/c1-11-13(10-17-19-11)16(22)18-12-6-8-20(9-7-12)14-4-2-3-5-15(14)21/h10,12,14-15,21H,2-9H2,1H3,(H,17,19)(H,18,22). The minimum atomic E-state index is -0.173. The van der Waals surface area contributed by atoms with Gasteiger partial charge >= 0.3 is 0 Å². The maximum Gasteiger partial charge on any atom is 0.254 e. The summed E-state index contributed by atoms with van der Waals surface area (Å²) in [6.45, 7) is 3.77. The zero-order valence-electron chi connectivity index (χ0n) is 13.2. The normalized spacial score (nSPS) is 27.7. The van der Waals surface area contributed by atoms with E-state index in [4.69, 9.17) is 0 Å². The molecule has 1 aliphatic carbocycles. The molecule has 0 aromatic carbocycles. The first kappa shape index (κ1) is 15.5. The van der Waals surface area contributed by atoms with Gasteiger partial charge in [-0.05, 0) is 32.6 Å². The number of aliphatic hydroxyl groups excluding tert-OH is 1. The molecule has 1 aliphatic heterocycles. The number of aromatic amines is 1. The predicted molar refractivity (Wildman–Crippen MR) is 83.6 cm³/mol. The fourth-order valence-corrected chi connectivity index (χ4v) is 3.74. The minimum absolute atomic E-state index is 0.0394. The van der Waals surface area contributed by atoms with Crippen LogP contribution in [0.4, 0.5) is 0 Å². The lowest BCUT2D eigenvalue weighted by atomic mass is 9.89. The molecule has 1 saturated carbocycles. The Kier molecular flexibility index (Phi) is 4.78. The van der Waals surface area contributed by atoms with Gasteiger partial charge < -0.3 is 10.4 Å². The van der Waals surface area contributed by atoms with Crippen molar-refractivity contribution in [2.24, 2.45) is 0 Å². The van der Waals surface area contributed by atoms with E-state index >= 15 is 0 Å². The highest BCUT2D eigenvalue weighted by molar-refractivity contribution is 5.95. The summed E-state index contributed by atoms with van der Waals surface area (Å²) < 4.78 is 0. The average Bonchev–Trinajstić information content (AvgIpc) is 2.95. The highest BCUT2D eigenvalue weighted by Crippen LogP contribution is 2.26. The van der Waals surface area contributed by atoms with E-state index in [0.29, 0.717) is 11.6 Å². The first-order chi connectivity index (χ1) is 10.6. The van der Waals surface area contributed by atoms with Crippen LogP contribution in [0, 0.1) is 6.92 Å². The molecule has 6 nitrogen and oxygen atoms in total. The zero-order valence-corrected chi connectivity index (χ0v) is 13.2. The van der Waals surface area contributed by atoms with Crippen LogP contribution in [-0.2, 0) is 0 Å². The Morgan fingerprint density at radius 2 is 2.05 bits per heavy atom. The fraction of sp³-hybridized carbons (Fsp3) is 0.750. The van der Waals surface area contributed by atoms with Gasteiger partial charge in [-0.15, -0.1) is 0 Å². The van der Waals surface area contributed by atoms with Gasteiger partial charge in [0, 0.05) is 30.9 Å². The molecule has 0 spiro atoms. The first-order valence-electron chi connectivity index (χ1n) is 8.38. The van der Waals surface area contributed by atoms with Crippen LogP contribution in [0.1, 0.15) is 54.6 Å². The Bertz CT molecular complexity index is 508. The summed E-state index contributed by atoms with van der Waals surface area (Å²) in [5.41, 5.74) is 1.44. The number of aromatic nitrogens is 2. The Hall–Kier alpha value is -1.40. The Morgan fingerprint density at radius 1 is 1.32 bits per heavy atom. The van der Waals surface area contributed by atoms with Crippen molar-refractivity contribution in [3.05, 3.63) is 17.5 Å². The predicted octanol–water partition coefficient (Wildman–Crippen LogP) is 1.22. The molecule has 1 saturated heterocycles. The lowest BCUT2D eigenvalue weighted by molar-refractivity contribution is 0.00727. The summed E-state index contributed by atoms with van der Waals surface area (Å²) in [4.78, 5) is 14.6. The van der Waals surface area contributed by atoms with E-state index in [1.165, 1.54) is 6.42 Å². The largest absolute Gasteiger partial charge is 0.391 e. The van der Waals surface area contributed by atoms with E-state index in [2.05, 4.69) is 20.4 Å². The van der Waals surface area contributed by atoms with Gasteiger partial charge in [-0.1, -0.05) is 12.8 Å². The van der Waals surface area contributed by atoms with Crippen LogP contribution in [0.25, 0.3) is 0 Å². The second-order valence-corrected chi connectivity index (χ2v) is 6.61. The number of rotatable bonds is 3. The van der Waals surface area contributed by atoms with Gasteiger partial charge in [0.1, 0.15) is 0 Å². The van der Waals surface area contributed by atoms with Crippen molar-refractivity contribution in [3.8, 4) is 0 Å². The van der Waals surface area contributed by atoms with E-state index in [9.17, 15) is 9.90 Å². The molecule has 0 radical (unpaired) electrons. The third-order valence-electron chi connectivity index (χ3n) is 5.10. The highest BCUT2D eigenvalue weighted by atomic mass is 16.3. The molecule has 22 heavy (non-hydrogen) atoms. The number of nitrogens with zero attached hydrogens (tertiary/aromatic N) is 2. The van der Waals surface area contributed by atoms with Gasteiger partial charge in [-0.2, -0.15) is 5.10 Å².